The second kappa shape index (κ2) is 14.4. The van der Waals surface area contributed by atoms with Crippen LogP contribution in [0.4, 0.5) is 34.1 Å². The maximum Gasteiger partial charge on any atom is 0.333 e. The van der Waals surface area contributed by atoms with E-state index >= 15 is 0 Å². The molecule has 0 saturated heterocycles. The van der Waals surface area contributed by atoms with E-state index in [1.165, 1.54) is 44.3 Å². The molecular weight excluding hydrogens is 805 g/mol. The van der Waals surface area contributed by atoms with Gasteiger partial charge in [0.2, 0.25) is 0 Å². The highest BCUT2D eigenvalue weighted by Gasteiger charge is 2.45. The Hall–Kier alpha value is -8.22. The Morgan fingerprint density at radius 2 is 1.18 bits per heavy atom. The second-order valence-electron chi connectivity index (χ2n) is 17.8. The average molecular weight is 848 g/mol. The maximum atomic E-state index is 6.89. The zero-order valence-electron chi connectivity index (χ0n) is 36.4. The van der Waals surface area contributed by atoms with Crippen LogP contribution < -0.4 is 20.7 Å². The fourth-order valence-electron chi connectivity index (χ4n) is 11.3. The van der Waals surface area contributed by atoms with Crippen molar-refractivity contribution < 1.29 is 8.83 Å². The third-order valence-corrected chi connectivity index (χ3v) is 14.1. The van der Waals surface area contributed by atoms with E-state index < -0.39 is 0 Å². The monoisotopic (exact) mass is 847 g/mol. The highest BCUT2D eigenvalue weighted by Crippen LogP contribution is 2.53. The fourth-order valence-corrected chi connectivity index (χ4v) is 11.3. The van der Waals surface area contributed by atoms with Gasteiger partial charge in [0.1, 0.15) is 16.7 Å². The van der Waals surface area contributed by atoms with Gasteiger partial charge >= 0.3 is 6.85 Å². The second-order valence-corrected chi connectivity index (χ2v) is 17.8. The number of fused-ring (bicyclic) bond motifs is 13. The molecule has 5 nitrogen and oxygen atoms in total. The van der Waals surface area contributed by atoms with Gasteiger partial charge in [0.05, 0.1) is 22.3 Å². The van der Waals surface area contributed by atoms with E-state index in [-0.39, 0.29) is 6.85 Å². The summed E-state index contributed by atoms with van der Waals surface area (Å²) in [5, 5.41) is 4.43. The van der Waals surface area contributed by atoms with Crippen molar-refractivity contribution >= 4 is 107 Å². The van der Waals surface area contributed by atoms with E-state index in [4.69, 9.17) is 8.83 Å². The van der Waals surface area contributed by atoms with Crippen LogP contribution >= 0.6 is 0 Å². The lowest BCUT2D eigenvalue weighted by Crippen LogP contribution is -2.56. The van der Waals surface area contributed by atoms with Gasteiger partial charge in [0.25, 0.3) is 0 Å². The number of para-hydroxylation sites is 5. The molecule has 2 aliphatic heterocycles. The van der Waals surface area contributed by atoms with Gasteiger partial charge in [-0.25, -0.2) is 0 Å². The minimum atomic E-state index is -0.199. The molecule has 0 fully saturated rings. The SMILES string of the molecule is CCCCc1ccc(N2c3cc(N(c4ccccc4)c4ccccc4)cc4c3B(c3ccc5oc6ccccc6c5c32)n2c3c-4cccc3c3oc4ccccc4c32)c(-c2ccccc2)c1. The summed E-state index contributed by atoms with van der Waals surface area (Å²) in [4.78, 5) is 5.00. The van der Waals surface area contributed by atoms with Crippen molar-refractivity contribution in [2.75, 3.05) is 9.80 Å². The van der Waals surface area contributed by atoms with E-state index in [0.29, 0.717) is 0 Å². The summed E-state index contributed by atoms with van der Waals surface area (Å²) in [6, 6.07) is 73.0. The molecule has 0 aliphatic carbocycles. The van der Waals surface area contributed by atoms with Gasteiger partial charge in [0, 0.05) is 55.6 Å². The number of hydrogen-bond acceptors (Lipinski definition) is 4. The van der Waals surface area contributed by atoms with Crippen LogP contribution in [-0.4, -0.2) is 11.3 Å². The molecule has 3 aromatic heterocycles. The molecule has 0 spiro atoms. The number of rotatable bonds is 8. The highest BCUT2D eigenvalue weighted by atomic mass is 16.3. The highest BCUT2D eigenvalue weighted by molar-refractivity contribution is 6.90. The summed E-state index contributed by atoms with van der Waals surface area (Å²) in [5.74, 6) is 0. The molecule has 0 unspecified atom stereocenters. The largest absolute Gasteiger partial charge is 0.456 e. The van der Waals surface area contributed by atoms with Crippen molar-refractivity contribution in [2.45, 2.75) is 26.2 Å². The molecule has 14 rings (SSSR count). The lowest BCUT2D eigenvalue weighted by molar-refractivity contribution is 0.669. The van der Waals surface area contributed by atoms with Crippen molar-refractivity contribution in [2.24, 2.45) is 0 Å². The van der Waals surface area contributed by atoms with Crippen LogP contribution in [0.3, 0.4) is 0 Å². The van der Waals surface area contributed by atoms with Gasteiger partial charge in [-0.15, -0.1) is 0 Å². The summed E-state index contributed by atoms with van der Waals surface area (Å²) in [6.07, 6.45) is 3.30. The van der Waals surface area contributed by atoms with Crippen LogP contribution in [0.15, 0.2) is 209 Å². The standard InChI is InChI=1S/C60H42BN3O2/c1-2-3-18-38-31-33-50(47(35-38)39-19-7-4-8-20-39)63-51-37-42(62(40-21-9-5-10-22-40)41-23-11-6-12-24-41)36-48-43-27-17-28-46-57(43)64(58-45-26-14-16-30-53(45)66-60(46)58)61(56(48)51)49-32-34-54-55(59(49)63)44-25-13-15-29-52(44)65-54/h4-17,19-37H,2-3,18H2,1H3. The van der Waals surface area contributed by atoms with E-state index in [1.54, 1.807) is 0 Å². The number of hydrogen-bond donors (Lipinski definition) is 0. The topological polar surface area (TPSA) is 37.7 Å². The van der Waals surface area contributed by atoms with Gasteiger partial charge in [0.15, 0.2) is 5.58 Å². The van der Waals surface area contributed by atoms with E-state index in [1.807, 2.05) is 0 Å². The van der Waals surface area contributed by atoms with E-state index in [9.17, 15) is 0 Å². The first-order chi connectivity index (χ1) is 32.7. The number of unbranched alkanes of at least 4 members (excludes halogenated alkanes) is 1. The number of benzene rings is 9. The zero-order valence-corrected chi connectivity index (χ0v) is 36.4. The first-order valence-electron chi connectivity index (χ1n) is 23.2. The van der Waals surface area contributed by atoms with Crippen LogP contribution in [-0.2, 0) is 6.42 Å². The molecule has 312 valence electrons. The summed E-state index contributed by atoms with van der Waals surface area (Å²) >= 11 is 0. The zero-order chi connectivity index (χ0) is 43.5. The predicted molar refractivity (Wildman–Crippen MR) is 276 cm³/mol. The first kappa shape index (κ1) is 37.2. The smallest absolute Gasteiger partial charge is 0.333 e. The Balaban J connectivity index is 1.18. The van der Waals surface area contributed by atoms with Gasteiger partial charge < -0.3 is 23.1 Å². The van der Waals surface area contributed by atoms with Crippen molar-refractivity contribution in [1.82, 2.24) is 4.48 Å². The minimum absolute atomic E-state index is 0.199. The number of aromatic nitrogens is 1. The molecule has 0 amide bonds. The van der Waals surface area contributed by atoms with Crippen molar-refractivity contribution in [3.05, 3.63) is 206 Å². The van der Waals surface area contributed by atoms with Crippen LogP contribution in [0.5, 0.6) is 0 Å². The molecule has 12 aromatic rings. The Kier molecular flexibility index (Phi) is 8.11. The molecule has 0 bridgehead atoms. The number of furan rings is 2. The number of aryl methyl sites for hydroxylation is 1. The first-order valence-corrected chi connectivity index (χ1v) is 23.2. The van der Waals surface area contributed by atoms with Crippen molar-refractivity contribution in [3.8, 4) is 22.3 Å². The number of anilines is 6. The van der Waals surface area contributed by atoms with Gasteiger partial charge in [-0.2, -0.15) is 0 Å². The lowest BCUT2D eigenvalue weighted by Gasteiger charge is -2.42. The molecule has 0 saturated carbocycles. The van der Waals surface area contributed by atoms with Crippen LogP contribution in [0.2, 0.25) is 0 Å². The molecule has 0 radical (unpaired) electrons. The average Bonchev–Trinajstić information content (AvgIpc) is 4.05. The summed E-state index contributed by atoms with van der Waals surface area (Å²) < 4.78 is 16.3. The molecule has 0 N–H and O–H groups in total. The normalized spacial score (nSPS) is 12.7. The molecule has 2 aliphatic rings. The Bertz CT molecular complexity index is 3850. The molecule has 5 heterocycles. The molecule has 66 heavy (non-hydrogen) atoms. The molecule has 0 atom stereocenters. The fraction of sp³-hybridized carbons (Fsp3) is 0.0667. The van der Waals surface area contributed by atoms with Crippen molar-refractivity contribution in [3.63, 3.8) is 0 Å². The van der Waals surface area contributed by atoms with Crippen LogP contribution in [0.25, 0.3) is 77.2 Å². The van der Waals surface area contributed by atoms with Crippen molar-refractivity contribution in [1.29, 1.82) is 0 Å². The van der Waals surface area contributed by atoms with Gasteiger partial charge in [-0.3, -0.25) is 0 Å². The van der Waals surface area contributed by atoms with Crippen LogP contribution in [0, 0.1) is 0 Å². The summed E-state index contributed by atoms with van der Waals surface area (Å²) in [5.41, 5.74) is 21.1. The van der Waals surface area contributed by atoms with Gasteiger partial charge in [-0.1, -0.05) is 135 Å². The molecule has 9 aromatic carbocycles. The summed E-state index contributed by atoms with van der Waals surface area (Å²) in [7, 11) is 0. The Morgan fingerprint density at radius 3 is 1.94 bits per heavy atom. The van der Waals surface area contributed by atoms with Crippen LogP contribution in [0.1, 0.15) is 25.3 Å². The maximum absolute atomic E-state index is 6.89. The molecule has 6 heteroatoms. The van der Waals surface area contributed by atoms with E-state index in [0.717, 1.165) is 103 Å². The predicted octanol–water partition coefficient (Wildman–Crippen LogP) is 15.3. The Labute approximate surface area is 382 Å². The third-order valence-electron chi connectivity index (χ3n) is 14.1. The number of nitrogens with zero attached hydrogens (tertiary/aromatic N) is 3. The van der Waals surface area contributed by atoms with E-state index in [2.05, 4.69) is 221 Å². The minimum Gasteiger partial charge on any atom is -0.456 e. The summed E-state index contributed by atoms with van der Waals surface area (Å²) in [6.45, 7) is 2.07. The Morgan fingerprint density at radius 1 is 0.500 bits per heavy atom. The third kappa shape index (κ3) is 5.30. The molecular formula is C60H42BN3O2. The van der Waals surface area contributed by atoms with Gasteiger partial charge in [-0.05, 0) is 119 Å². The lowest BCUT2D eigenvalue weighted by atomic mass is 9.45. The quantitative estimate of drug-likeness (QED) is 0.143.